The van der Waals surface area contributed by atoms with Crippen LogP contribution in [-0.4, -0.2) is 33.0 Å². The lowest BCUT2D eigenvalue weighted by atomic mass is 10.1. The Kier molecular flexibility index (Phi) is 5.86. The zero-order valence-corrected chi connectivity index (χ0v) is 16.7. The summed E-state index contributed by atoms with van der Waals surface area (Å²) < 4.78 is 7.36. The first-order valence-electron chi connectivity index (χ1n) is 9.23. The molecule has 1 atom stereocenters. The lowest BCUT2D eigenvalue weighted by molar-refractivity contribution is 0.400. The van der Waals surface area contributed by atoms with Gasteiger partial charge in [0.25, 0.3) is 5.89 Å². The van der Waals surface area contributed by atoms with Gasteiger partial charge in [0.15, 0.2) is 5.82 Å². The minimum absolute atomic E-state index is 0.309. The fourth-order valence-electron chi connectivity index (χ4n) is 2.92. The highest BCUT2D eigenvalue weighted by Crippen LogP contribution is 2.18. The van der Waals surface area contributed by atoms with Crippen LogP contribution in [0.1, 0.15) is 46.7 Å². The molecule has 0 bridgehead atoms. The van der Waals surface area contributed by atoms with Gasteiger partial charge in [0.1, 0.15) is 0 Å². The smallest absolute Gasteiger partial charge is 0.250 e. The van der Waals surface area contributed by atoms with Crippen LogP contribution in [0.25, 0.3) is 12.2 Å². The lowest BCUT2D eigenvalue weighted by Gasteiger charge is -2.05. The minimum Gasteiger partial charge on any atom is -0.335 e. The summed E-state index contributed by atoms with van der Waals surface area (Å²) >= 11 is 0. The fourth-order valence-corrected chi connectivity index (χ4v) is 2.92. The van der Waals surface area contributed by atoms with Gasteiger partial charge in [-0.1, -0.05) is 35.0 Å². The van der Waals surface area contributed by atoms with Gasteiger partial charge in [0.2, 0.25) is 0 Å². The Morgan fingerprint density at radius 1 is 1.15 bits per heavy atom. The summed E-state index contributed by atoms with van der Waals surface area (Å²) in [6.45, 7) is 9.04. The van der Waals surface area contributed by atoms with Crippen molar-refractivity contribution >= 4 is 12.2 Å². The number of aryl methyl sites for hydroxylation is 2. The van der Waals surface area contributed by atoms with E-state index in [2.05, 4.69) is 65.6 Å². The second kappa shape index (κ2) is 8.31. The molecule has 0 aliphatic heterocycles. The van der Waals surface area contributed by atoms with Gasteiger partial charge in [0, 0.05) is 29.8 Å². The minimum atomic E-state index is 0.309. The number of hydrogen-bond donors (Lipinski definition) is 1. The van der Waals surface area contributed by atoms with E-state index in [1.165, 1.54) is 11.1 Å². The van der Waals surface area contributed by atoms with Gasteiger partial charge in [-0.2, -0.15) is 10.1 Å². The van der Waals surface area contributed by atoms with Crippen LogP contribution in [0, 0.1) is 20.8 Å². The number of benzene rings is 1. The molecule has 0 aliphatic rings. The van der Waals surface area contributed by atoms with Gasteiger partial charge in [-0.3, -0.25) is 4.68 Å². The average molecular weight is 365 g/mol. The van der Waals surface area contributed by atoms with Crippen molar-refractivity contribution in [3.05, 3.63) is 64.1 Å². The van der Waals surface area contributed by atoms with Crippen LogP contribution in [0.4, 0.5) is 0 Å². The first-order chi connectivity index (χ1) is 13.0. The van der Waals surface area contributed by atoms with E-state index < -0.39 is 0 Å². The van der Waals surface area contributed by atoms with E-state index >= 15 is 0 Å². The highest BCUT2D eigenvalue weighted by atomic mass is 16.5. The number of nitrogens with zero attached hydrogens (tertiary/aromatic N) is 4. The number of nitrogens with one attached hydrogen (secondary N) is 1. The third-order valence-corrected chi connectivity index (χ3v) is 4.75. The van der Waals surface area contributed by atoms with E-state index in [0.29, 0.717) is 17.8 Å². The zero-order chi connectivity index (χ0) is 19.4. The van der Waals surface area contributed by atoms with Crippen LogP contribution < -0.4 is 5.32 Å². The zero-order valence-electron chi connectivity index (χ0n) is 16.7. The summed E-state index contributed by atoms with van der Waals surface area (Å²) in [5.74, 6) is 1.22. The maximum absolute atomic E-state index is 5.32. The molecule has 0 amide bonds. The van der Waals surface area contributed by atoms with Crippen molar-refractivity contribution in [1.29, 1.82) is 0 Å². The summed E-state index contributed by atoms with van der Waals surface area (Å²) in [7, 11) is 1.92. The number of likely N-dealkylation sites (N-methyl/N-ethyl adjacent to an activating group) is 1. The van der Waals surface area contributed by atoms with E-state index in [1.807, 2.05) is 30.8 Å². The van der Waals surface area contributed by atoms with E-state index in [4.69, 9.17) is 4.52 Å². The molecule has 0 spiro atoms. The second-order valence-corrected chi connectivity index (χ2v) is 7.00. The van der Waals surface area contributed by atoms with E-state index in [0.717, 1.165) is 29.9 Å². The van der Waals surface area contributed by atoms with Crippen LogP contribution in [-0.2, 0) is 13.0 Å². The van der Waals surface area contributed by atoms with E-state index in [1.54, 1.807) is 0 Å². The molecule has 1 N–H and O–H groups in total. The molecular weight excluding hydrogens is 338 g/mol. The Balaban J connectivity index is 1.74. The summed E-state index contributed by atoms with van der Waals surface area (Å²) in [6.07, 6.45) is 4.59. The van der Waals surface area contributed by atoms with Crippen LogP contribution in [0.5, 0.6) is 0 Å². The standard InChI is InChI=1S/C21H27N5O/c1-14-6-8-18(9-7-14)13-26-17(4)19(16(3)24-26)10-11-21-23-20(25-27-21)12-15(2)22-5/h6-11,15,22H,12-13H2,1-5H3/b11-10+. The molecule has 0 saturated carbocycles. The summed E-state index contributed by atoms with van der Waals surface area (Å²) in [5, 5.41) is 11.9. The Morgan fingerprint density at radius 2 is 1.89 bits per heavy atom. The molecule has 142 valence electrons. The first kappa shape index (κ1) is 19.0. The molecule has 3 aromatic rings. The summed E-state index contributed by atoms with van der Waals surface area (Å²) in [6, 6.07) is 8.86. The molecule has 0 radical (unpaired) electrons. The Morgan fingerprint density at radius 3 is 2.59 bits per heavy atom. The third kappa shape index (κ3) is 4.71. The Bertz CT molecular complexity index is 921. The van der Waals surface area contributed by atoms with Crippen molar-refractivity contribution in [3.8, 4) is 0 Å². The van der Waals surface area contributed by atoms with Crippen molar-refractivity contribution in [2.75, 3.05) is 7.05 Å². The molecule has 27 heavy (non-hydrogen) atoms. The van der Waals surface area contributed by atoms with Crippen molar-refractivity contribution < 1.29 is 4.52 Å². The van der Waals surface area contributed by atoms with Crippen molar-refractivity contribution in [3.63, 3.8) is 0 Å². The van der Waals surface area contributed by atoms with Crippen molar-refractivity contribution in [2.24, 2.45) is 0 Å². The van der Waals surface area contributed by atoms with Crippen LogP contribution in [0.3, 0.4) is 0 Å². The number of hydrogen-bond acceptors (Lipinski definition) is 5. The van der Waals surface area contributed by atoms with Crippen molar-refractivity contribution in [1.82, 2.24) is 25.2 Å². The van der Waals surface area contributed by atoms with Gasteiger partial charge in [-0.25, -0.2) is 0 Å². The lowest BCUT2D eigenvalue weighted by Crippen LogP contribution is -2.24. The maximum Gasteiger partial charge on any atom is 0.250 e. The second-order valence-electron chi connectivity index (χ2n) is 7.00. The molecular formula is C21H27N5O. The molecule has 1 unspecified atom stereocenters. The SMILES string of the molecule is CNC(C)Cc1noc(/C=C/c2c(C)nn(Cc3ccc(C)cc3)c2C)n1. The summed E-state index contributed by atoms with van der Waals surface area (Å²) in [4.78, 5) is 4.42. The van der Waals surface area contributed by atoms with Crippen LogP contribution in [0.2, 0.25) is 0 Å². The van der Waals surface area contributed by atoms with Crippen LogP contribution in [0.15, 0.2) is 28.8 Å². The molecule has 0 saturated heterocycles. The topological polar surface area (TPSA) is 68.8 Å². The Labute approximate surface area is 160 Å². The highest BCUT2D eigenvalue weighted by molar-refractivity contribution is 5.68. The van der Waals surface area contributed by atoms with Gasteiger partial charge in [-0.05, 0) is 46.4 Å². The quantitative estimate of drug-likeness (QED) is 0.693. The molecule has 3 rings (SSSR count). The summed E-state index contributed by atoms with van der Waals surface area (Å²) in [5.41, 5.74) is 5.69. The van der Waals surface area contributed by atoms with Gasteiger partial charge in [-0.15, -0.1) is 0 Å². The van der Waals surface area contributed by atoms with Gasteiger partial charge < -0.3 is 9.84 Å². The number of aromatic nitrogens is 4. The first-order valence-corrected chi connectivity index (χ1v) is 9.23. The largest absolute Gasteiger partial charge is 0.335 e. The van der Waals surface area contributed by atoms with E-state index in [-0.39, 0.29) is 0 Å². The molecule has 2 aromatic heterocycles. The third-order valence-electron chi connectivity index (χ3n) is 4.75. The number of rotatable bonds is 7. The molecule has 2 heterocycles. The van der Waals surface area contributed by atoms with Gasteiger partial charge >= 0.3 is 0 Å². The molecule has 1 aromatic carbocycles. The normalized spacial score (nSPS) is 12.8. The highest BCUT2D eigenvalue weighted by Gasteiger charge is 2.11. The average Bonchev–Trinajstić information content (AvgIpc) is 3.20. The maximum atomic E-state index is 5.32. The predicted molar refractivity (Wildman–Crippen MR) is 107 cm³/mol. The van der Waals surface area contributed by atoms with E-state index in [9.17, 15) is 0 Å². The van der Waals surface area contributed by atoms with Crippen LogP contribution >= 0.6 is 0 Å². The molecule has 0 fully saturated rings. The predicted octanol–water partition coefficient (Wildman–Crippen LogP) is 3.56. The molecule has 6 nitrogen and oxygen atoms in total. The van der Waals surface area contributed by atoms with Gasteiger partial charge in [0.05, 0.1) is 12.2 Å². The fraction of sp³-hybridized carbons (Fsp3) is 0.381. The van der Waals surface area contributed by atoms with Crippen molar-refractivity contribution in [2.45, 2.75) is 46.7 Å². The molecule has 0 aliphatic carbocycles. The monoisotopic (exact) mass is 365 g/mol. The molecule has 6 heteroatoms. The Hall–Kier alpha value is -2.73.